The zero-order valence-corrected chi connectivity index (χ0v) is 19.9. The number of rotatable bonds is 11. The van der Waals surface area contributed by atoms with E-state index in [1.807, 2.05) is 18.2 Å². The molecule has 3 N–H and O–H groups in total. The number of carbonyl (C=O) groups excluding carboxylic acids is 1. The molecule has 1 atom stereocenters. The van der Waals surface area contributed by atoms with Crippen LogP contribution in [0.4, 0.5) is 0 Å². The Kier molecular flexibility index (Phi) is 7.58. The molecule has 2 heterocycles. The summed E-state index contributed by atoms with van der Waals surface area (Å²) < 4.78 is 34.3. The van der Waals surface area contributed by atoms with Crippen molar-refractivity contribution in [3.05, 3.63) is 48.0 Å². The summed E-state index contributed by atoms with van der Waals surface area (Å²) in [5, 5.41) is 25.8. The average Bonchev–Trinajstić information content (AvgIpc) is 3.23. The molecule has 0 spiro atoms. The Balaban J connectivity index is 1.21. The molecule has 186 valence electrons. The maximum Gasteiger partial charge on any atom is 0.306 e. The molecule has 3 aromatic rings. The van der Waals surface area contributed by atoms with Gasteiger partial charge in [-0.25, -0.2) is 10.1 Å². The highest BCUT2D eigenvalue weighted by molar-refractivity contribution is 7.86. The highest BCUT2D eigenvalue weighted by Crippen LogP contribution is 2.19. The van der Waals surface area contributed by atoms with E-state index < -0.39 is 16.2 Å². The number of fused-ring (bicyclic) bond motifs is 1. The monoisotopic (exact) mass is 502 g/mol. The topological polar surface area (TPSA) is 157 Å². The van der Waals surface area contributed by atoms with Crippen molar-refractivity contribution in [1.29, 1.82) is 0 Å². The molecule has 0 radical (unpaired) electrons. The summed E-state index contributed by atoms with van der Waals surface area (Å²) in [5.74, 6) is 0.593. The van der Waals surface area contributed by atoms with E-state index in [0.29, 0.717) is 38.2 Å². The highest BCUT2D eigenvalue weighted by Gasteiger charge is 2.15. The van der Waals surface area contributed by atoms with E-state index in [9.17, 15) is 18.3 Å². The molecular formula is C22H26N6O6S. The second kappa shape index (κ2) is 10.8. The SMILES string of the molecule is CS(=O)(=O)Oc1ccc(OCC(O)CNCCn2nnc3cc(C4=NNC(=O)CC4)ccc32)cc1. The summed E-state index contributed by atoms with van der Waals surface area (Å²) in [6.45, 7) is 1.51. The number of aromatic nitrogens is 3. The van der Waals surface area contributed by atoms with Gasteiger partial charge in [-0.05, 0) is 36.4 Å². The number of nitrogens with zero attached hydrogens (tertiary/aromatic N) is 4. The molecule has 1 aliphatic rings. The van der Waals surface area contributed by atoms with Gasteiger partial charge < -0.3 is 19.3 Å². The Labute approximate surface area is 202 Å². The molecule has 0 bridgehead atoms. The van der Waals surface area contributed by atoms with Crippen LogP contribution in [-0.2, 0) is 21.5 Å². The van der Waals surface area contributed by atoms with Gasteiger partial charge in [0.2, 0.25) is 5.91 Å². The third-order valence-electron chi connectivity index (χ3n) is 5.15. The van der Waals surface area contributed by atoms with Crippen molar-refractivity contribution in [2.75, 3.05) is 26.0 Å². The van der Waals surface area contributed by atoms with Crippen LogP contribution in [0.25, 0.3) is 11.0 Å². The van der Waals surface area contributed by atoms with Gasteiger partial charge in [-0.1, -0.05) is 11.3 Å². The van der Waals surface area contributed by atoms with Gasteiger partial charge in [0.1, 0.15) is 29.7 Å². The zero-order valence-electron chi connectivity index (χ0n) is 19.0. The molecule has 0 saturated carbocycles. The first-order valence-corrected chi connectivity index (χ1v) is 12.8. The van der Waals surface area contributed by atoms with Gasteiger partial charge in [0.15, 0.2) is 0 Å². The number of nitrogens with one attached hydrogen (secondary N) is 2. The van der Waals surface area contributed by atoms with Gasteiger partial charge in [-0.2, -0.15) is 13.5 Å². The van der Waals surface area contributed by atoms with E-state index in [0.717, 1.165) is 28.6 Å². The molecule has 12 nitrogen and oxygen atoms in total. The first kappa shape index (κ1) is 24.6. The Morgan fingerprint density at radius 2 is 1.94 bits per heavy atom. The van der Waals surface area contributed by atoms with E-state index in [1.165, 1.54) is 12.1 Å². The summed E-state index contributed by atoms with van der Waals surface area (Å²) in [6, 6.07) is 11.9. The molecule has 35 heavy (non-hydrogen) atoms. The molecule has 0 saturated heterocycles. The molecular weight excluding hydrogens is 476 g/mol. The molecule has 1 amide bonds. The van der Waals surface area contributed by atoms with Gasteiger partial charge in [-0.3, -0.25) is 4.79 Å². The van der Waals surface area contributed by atoms with Crippen molar-refractivity contribution >= 4 is 32.8 Å². The Hall–Kier alpha value is -3.55. The van der Waals surface area contributed by atoms with E-state index in [4.69, 9.17) is 8.92 Å². The predicted molar refractivity (Wildman–Crippen MR) is 128 cm³/mol. The number of carbonyl (C=O) groups is 1. The van der Waals surface area contributed by atoms with E-state index in [-0.39, 0.29) is 18.3 Å². The third-order valence-corrected chi connectivity index (χ3v) is 5.64. The minimum Gasteiger partial charge on any atom is -0.491 e. The number of hydrazone groups is 1. The lowest BCUT2D eigenvalue weighted by atomic mass is 10.0. The van der Waals surface area contributed by atoms with Gasteiger partial charge in [0.25, 0.3) is 0 Å². The third kappa shape index (κ3) is 6.97. The van der Waals surface area contributed by atoms with Crippen molar-refractivity contribution < 1.29 is 27.2 Å². The van der Waals surface area contributed by atoms with Crippen molar-refractivity contribution in [1.82, 2.24) is 25.7 Å². The quantitative estimate of drug-likeness (QED) is 0.250. The Morgan fingerprint density at radius 3 is 2.66 bits per heavy atom. The number of hydrogen-bond acceptors (Lipinski definition) is 10. The predicted octanol–water partition coefficient (Wildman–Crippen LogP) is 0.413. The smallest absolute Gasteiger partial charge is 0.306 e. The summed E-state index contributed by atoms with van der Waals surface area (Å²) >= 11 is 0. The number of aliphatic hydroxyl groups excluding tert-OH is 1. The molecule has 0 fully saturated rings. The van der Waals surface area contributed by atoms with Crippen LogP contribution >= 0.6 is 0 Å². The molecule has 2 aromatic carbocycles. The van der Waals surface area contributed by atoms with Gasteiger partial charge in [-0.15, -0.1) is 5.10 Å². The standard InChI is InChI=1S/C22H26N6O6S/c1-35(31,32)34-18-5-3-17(4-6-18)33-14-16(29)13-23-10-11-28-21-8-2-15(12-20(21)25-27-28)19-7-9-22(30)26-24-19/h2-6,8,12,16,23,29H,7,9-11,13-14H2,1H3,(H,26,30). The normalized spacial score (nSPS) is 14.9. The second-order valence-electron chi connectivity index (χ2n) is 8.04. The molecule has 0 aliphatic carbocycles. The largest absolute Gasteiger partial charge is 0.491 e. The first-order chi connectivity index (χ1) is 16.8. The van der Waals surface area contributed by atoms with Crippen molar-refractivity contribution in [3.8, 4) is 11.5 Å². The number of aliphatic hydroxyl groups is 1. The van der Waals surface area contributed by atoms with Crippen LogP contribution in [0.5, 0.6) is 11.5 Å². The van der Waals surface area contributed by atoms with E-state index in [2.05, 4.69) is 26.2 Å². The summed E-state index contributed by atoms with van der Waals surface area (Å²) in [4.78, 5) is 11.3. The molecule has 13 heteroatoms. The molecule has 1 aromatic heterocycles. The van der Waals surface area contributed by atoms with Crippen molar-refractivity contribution in [2.45, 2.75) is 25.5 Å². The maximum atomic E-state index is 11.3. The van der Waals surface area contributed by atoms with Crippen LogP contribution in [0.3, 0.4) is 0 Å². The lowest BCUT2D eigenvalue weighted by molar-refractivity contribution is -0.121. The number of amides is 1. The maximum absolute atomic E-state index is 11.3. The number of ether oxygens (including phenoxy) is 1. The van der Waals surface area contributed by atoms with Crippen LogP contribution in [0.1, 0.15) is 18.4 Å². The number of benzene rings is 2. The summed E-state index contributed by atoms with van der Waals surface area (Å²) in [7, 11) is -3.58. The van der Waals surface area contributed by atoms with E-state index >= 15 is 0 Å². The lowest BCUT2D eigenvalue weighted by Crippen LogP contribution is -2.33. The Bertz CT molecular complexity index is 1320. The fourth-order valence-electron chi connectivity index (χ4n) is 3.47. The fraction of sp³-hybridized carbons (Fsp3) is 0.364. The lowest BCUT2D eigenvalue weighted by Gasteiger charge is -2.14. The van der Waals surface area contributed by atoms with Crippen LogP contribution in [0.15, 0.2) is 47.6 Å². The second-order valence-corrected chi connectivity index (χ2v) is 9.61. The van der Waals surface area contributed by atoms with Gasteiger partial charge in [0.05, 0.1) is 24.0 Å². The zero-order chi connectivity index (χ0) is 24.8. The molecule has 1 aliphatic heterocycles. The average molecular weight is 503 g/mol. The number of hydrogen-bond donors (Lipinski definition) is 3. The van der Waals surface area contributed by atoms with Gasteiger partial charge in [0, 0.05) is 31.5 Å². The molecule has 1 unspecified atom stereocenters. The van der Waals surface area contributed by atoms with Crippen LogP contribution in [0, 0.1) is 0 Å². The van der Waals surface area contributed by atoms with Crippen LogP contribution < -0.4 is 19.7 Å². The van der Waals surface area contributed by atoms with Crippen LogP contribution in [-0.4, -0.2) is 72.2 Å². The fourth-order valence-corrected chi connectivity index (χ4v) is 3.93. The summed E-state index contributed by atoms with van der Waals surface area (Å²) in [5.41, 5.74) is 5.84. The molecule has 4 rings (SSSR count). The Morgan fingerprint density at radius 1 is 1.17 bits per heavy atom. The van der Waals surface area contributed by atoms with Crippen molar-refractivity contribution in [3.63, 3.8) is 0 Å². The minimum atomic E-state index is -3.58. The van der Waals surface area contributed by atoms with Crippen molar-refractivity contribution in [2.24, 2.45) is 5.10 Å². The minimum absolute atomic E-state index is 0.0681. The first-order valence-electron chi connectivity index (χ1n) is 11.0. The van der Waals surface area contributed by atoms with Gasteiger partial charge >= 0.3 is 10.1 Å². The highest BCUT2D eigenvalue weighted by atomic mass is 32.2. The summed E-state index contributed by atoms with van der Waals surface area (Å²) in [6.07, 6.45) is 1.23. The van der Waals surface area contributed by atoms with E-state index in [1.54, 1.807) is 16.8 Å². The van der Waals surface area contributed by atoms with Crippen LogP contribution in [0.2, 0.25) is 0 Å².